The van der Waals surface area contributed by atoms with Gasteiger partial charge in [0.25, 0.3) is 0 Å². The van der Waals surface area contributed by atoms with Crippen LogP contribution in [0.1, 0.15) is 26.5 Å². The largest absolute Gasteiger partial charge is 0.461 e. The molecule has 0 aliphatic heterocycles. The normalized spacial score (nSPS) is 10.3. The van der Waals surface area contributed by atoms with Crippen LogP contribution in [0.4, 0.5) is 5.13 Å². The molecule has 1 heterocycles. The molecule has 0 atom stereocenters. The van der Waals surface area contributed by atoms with Crippen LogP contribution in [0.15, 0.2) is 17.5 Å². The Morgan fingerprint density at radius 2 is 2.21 bits per heavy atom. The minimum absolute atomic E-state index is 0.0919. The van der Waals surface area contributed by atoms with Crippen LogP contribution >= 0.6 is 11.3 Å². The van der Waals surface area contributed by atoms with Crippen LogP contribution in [0.5, 0.6) is 0 Å². The maximum atomic E-state index is 11.5. The maximum Gasteiger partial charge on any atom is 0.312 e. The number of anilines is 1. The average molecular weight is 282 g/mol. The second-order valence-corrected chi connectivity index (χ2v) is 5.44. The van der Waals surface area contributed by atoms with Crippen molar-refractivity contribution in [1.29, 1.82) is 0 Å². The first-order valence-corrected chi connectivity index (χ1v) is 6.81. The minimum Gasteiger partial charge on any atom is -0.461 e. The topological polar surface area (TPSA) is 68.3 Å². The first-order chi connectivity index (χ1) is 8.88. The number of nitrogens with one attached hydrogen (secondary N) is 1. The molecule has 1 N–H and O–H groups in total. The molecular formula is C13H18N2O3S. The van der Waals surface area contributed by atoms with Gasteiger partial charge in [-0.15, -0.1) is 11.3 Å². The Hall–Kier alpha value is -1.69. The van der Waals surface area contributed by atoms with Gasteiger partial charge in [-0.3, -0.25) is 9.59 Å². The lowest BCUT2D eigenvalue weighted by atomic mass is 10.2. The van der Waals surface area contributed by atoms with Crippen molar-refractivity contribution in [2.45, 2.75) is 27.2 Å². The van der Waals surface area contributed by atoms with Crippen molar-refractivity contribution in [2.24, 2.45) is 5.92 Å². The summed E-state index contributed by atoms with van der Waals surface area (Å²) in [5, 5.41) is 4.92. The van der Waals surface area contributed by atoms with Gasteiger partial charge >= 0.3 is 5.97 Å². The molecule has 1 amide bonds. The predicted molar refractivity (Wildman–Crippen MR) is 75.1 cm³/mol. The lowest BCUT2D eigenvalue weighted by Crippen LogP contribution is -2.17. The molecule has 0 radical (unpaired) electrons. The SMILES string of the molecule is C=C(C)COC(=O)Cc1csc(NC(=O)C(C)C)n1. The van der Waals surface area contributed by atoms with Gasteiger partial charge in [-0.1, -0.05) is 20.4 Å². The summed E-state index contributed by atoms with van der Waals surface area (Å²) in [6.07, 6.45) is 0.0985. The quantitative estimate of drug-likeness (QED) is 0.642. The van der Waals surface area contributed by atoms with E-state index in [1.54, 1.807) is 26.2 Å². The number of hydrogen-bond acceptors (Lipinski definition) is 5. The van der Waals surface area contributed by atoms with Crippen molar-refractivity contribution in [3.05, 3.63) is 23.2 Å². The Morgan fingerprint density at radius 1 is 1.53 bits per heavy atom. The number of carbonyl (C=O) groups excluding carboxylic acids is 2. The summed E-state index contributed by atoms with van der Waals surface area (Å²) in [5.74, 6) is -0.548. The highest BCUT2D eigenvalue weighted by Crippen LogP contribution is 2.17. The fourth-order valence-electron chi connectivity index (χ4n) is 1.10. The molecule has 0 saturated carbocycles. The van der Waals surface area contributed by atoms with Gasteiger partial charge in [0.2, 0.25) is 5.91 Å². The third-order valence-corrected chi connectivity index (χ3v) is 2.92. The van der Waals surface area contributed by atoms with Crippen LogP contribution in [0, 0.1) is 5.92 Å². The van der Waals surface area contributed by atoms with Gasteiger partial charge in [-0.05, 0) is 12.5 Å². The molecule has 0 aliphatic carbocycles. The third kappa shape index (κ3) is 5.65. The highest BCUT2D eigenvalue weighted by atomic mass is 32.1. The van der Waals surface area contributed by atoms with E-state index < -0.39 is 0 Å². The molecule has 0 saturated heterocycles. The molecular weight excluding hydrogens is 264 g/mol. The van der Waals surface area contributed by atoms with E-state index in [0.29, 0.717) is 10.8 Å². The molecule has 1 aromatic rings. The van der Waals surface area contributed by atoms with E-state index >= 15 is 0 Å². The lowest BCUT2D eigenvalue weighted by molar-refractivity contribution is -0.141. The molecule has 6 heteroatoms. The Kier molecular flexibility index (Phi) is 5.69. The Balaban J connectivity index is 2.48. The summed E-state index contributed by atoms with van der Waals surface area (Å²) >= 11 is 1.29. The van der Waals surface area contributed by atoms with Gasteiger partial charge in [0.05, 0.1) is 12.1 Å². The van der Waals surface area contributed by atoms with Crippen LogP contribution in [0.25, 0.3) is 0 Å². The second kappa shape index (κ2) is 7.04. The zero-order valence-corrected chi connectivity index (χ0v) is 12.2. The Labute approximate surface area is 116 Å². The van der Waals surface area contributed by atoms with Crippen LogP contribution in [-0.4, -0.2) is 23.5 Å². The van der Waals surface area contributed by atoms with Crippen molar-refractivity contribution in [1.82, 2.24) is 4.98 Å². The molecule has 0 spiro atoms. The Bertz CT molecular complexity index is 480. The van der Waals surface area contributed by atoms with Crippen molar-refractivity contribution in [2.75, 3.05) is 11.9 Å². The second-order valence-electron chi connectivity index (χ2n) is 4.58. The summed E-state index contributed by atoms with van der Waals surface area (Å²) < 4.78 is 4.97. The highest BCUT2D eigenvalue weighted by molar-refractivity contribution is 7.13. The molecule has 0 aliphatic rings. The minimum atomic E-state index is -0.352. The van der Waals surface area contributed by atoms with Crippen LogP contribution in [0.2, 0.25) is 0 Å². The molecule has 0 aromatic carbocycles. The van der Waals surface area contributed by atoms with Crippen molar-refractivity contribution >= 4 is 28.3 Å². The molecule has 104 valence electrons. The van der Waals surface area contributed by atoms with Gasteiger partial charge in [0.1, 0.15) is 6.61 Å². The first-order valence-electron chi connectivity index (χ1n) is 5.93. The summed E-state index contributed by atoms with van der Waals surface area (Å²) in [6.45, 7) is 9.27. The molecule has 0 fully saturated rings. The van der Waals surface area contributed by atoms with Gasteiger partial charge < -0.3 is 10.1 Å². The monoisotopic (exact) mass is 282 g/mol. The van der Waals surface area contributed by atoms with E-state index in [1.165, 1.54) is 11.3 Å². The third-order valence-electron chi connectivity index (χ3n) is 2.11. The van der Waals surface area contributed by atoms with E-state index in [-0.39, 0.29) is 30.8 Å². The number of esters is 1. The molecule has 1 aromatic heterocycles. The summed E-state index contributed by atoms with van der Waals surface area (Å²) in [4.78, 5) is 27.1. The van der Waals surface area contributed by atoms with Gasteiger partial charge in [-0.2, -0.15) is 0 Å². The summed E-state index contributed by atoms with van der Waals surface area (Å²) in [7, 11) is 0. The number of amides is 1. The van der Waals surface area contributed by atoms with Gasteiger partial charge in [-0.25, -0.2) is 4.98 Å². The molecule has 5 nitrogen and oxygen atoms in total. The van der Waals surface area contributed by atoms with E-state index in [9.17, 15) is 9.59 Å². The van der Waals surface area contributed by atoms with E-state index in [0.717, 1.165) is 5.57 Å². The van der Waals surface area contributed by atoms with Crippen LogP contribution < -0.4 is 5.32 Å². The van der Waals surface area contributed by atoms with Crippen LogP contribution in [0.3, 0.4) is 0 Å². The number of thiazole rings is 1. The fourth-order valence-corrected chi connectivity index (χ4v) is 1.81. The maximum absolute atomic E-state index is 11.5. The fraction of sp³-hybridized carbons (Fsp3) is 0.462. The number of aromatic nitrogens is 1. The zero-order valence-electron chi connectivity index (χ0n) is 11.4. The summed E-state index contributed by atoms with van der Waals surface area (Å²) in [6, 6.07) is 0. The smallest absolute Gasteiger partial charge is 0.312 e. The number of carbonyl (C=O) groups is 2. The number of nitrogens with zero attached hydrogens (tertiary/aromatic N) is 1. The Morgan fingerprint density at radius 3 is 2.79 bits per heavy atom. The van der Waals surface area contributed by atoms with Gasteiger partial charge in [0, 0.05) is 11.3 Å². The standard InChI is InChI=1S/C13H18N2O3S/c1-8(2)6-18-11(16)5-10-7-19-13(14-10)15-12(17)9(3)4/h7,9H,1,5-6H2,2-4H3,(H,14,15,17). The van der Waals surface area contributed by atoms with E-state index in [4.69, 9.17) is 4.74 Å². The molecule has 19 heavy (non-hydrogen) atoms. The van der Waals surface area contributed by atoms with Crippen molar-refractivity contribution in [3.8, 4) is 0 Å². The van der Waals surface area contributed by atoms with Crippen LogP contribution in [-0.2, 0) is 20.7 Å². The van der Waals surface area contributed by atoms with E-state index in [1.807, 2.05) is 0 Å². The number of ether oxygens (including phenoxy) is 1. The van der Waals surface area contributed by atoms with E-state index in [2.05, 4.69) is 16.9 Å². The van der Waals surface area contributed by atoms with Crippen molar-refractivity contribution < 1.29 is 14.3 Å². The first kappa shape index (κ1) is 15.4. The average Bonchev–Trinajstić information content (AvgIpc) is 2.73. The number of rotatable bonds is 6. The summed E-state index contributed by atoms with van der Waals surface area (Å²) in [5.41, 5.74) is 1.38. The zero-order chi connectivity index (χ0) is 14.4. The van der Waals surface area contributed by atoms with Gasteiger partial charge in [0.15, 0.2) is 5.13 Å². The molecule has 0 unspecified atom stereocenters. The highest BCUT2D eigenvalue weighted by Gasteiger charge is 2.12. The molecule has 0 bridgehead atoms. The number of hydrogen-bond donors (Lipinski definition) is 1. The molecule has 1 rings (SSSR count). The van der Waals surface area contributed by atoms with Crippen molar-refractivity contribution in [3.63, 3.8) is 0 Å². The predicted octanol–water partition coefficient (Wildman–Crippen LogP) is 2.40. The lowest BCUT2D eigenvalue weighted by Gasteiger charge is -2.03.